The van der Waals surface area contributed by atoms with E-state index in [1.807, 2.05) is 48.5 Å². The average Bonchev–Trinajstić information content (AvgIpc) is 2.71. The minimum Gasteiger partial charge on any atom is -0.491 e. The number of benzene rings is 2. The molecule has 0 aliphatic heterocycles. The summed E-state index contributed by atoms with van der Waals surface area (Å²) in [4.78, 5) is 14.6. The third-order valence-corrected chi connectivity index (χ3v) is 4.33. The molecule has 2 rings (SSSR count). The standard InChI is InChI=1S/C22H30N2O3/c1-4-5-13-24(2)20-11-9-19(10-12-20)22(25)23-17-18-7-6-8-21(16-18)27-15-14-26-3/h6-12,16H,4-5,13-15,17H2,1-3H3,(H,23,25). The van der Waals surface area contributed by atoms with Gasteiger partial charge in [0, 0.05) is 38.5 Å². The van der Waals surface area contributed by atoms with Gasteiger partial charge in [-0.25, -0.2) is 0 Å². The Hall–Kier alpha value is -2.53. The maximum absolute atomic E-state index is 12.4. The van der Waals surface area contributed by atoms with E-state index in [-0.39, 0.29) is 5.91 Å². The summed E-state index contributed by atoms with van der Waals surface area (Å²) >= 11 is 0. The molecule has 0 saturated heterocycles. The number of methoxy groups -OCH3 is 1. The largest absolute Gasteiger partial charge is 0.491 e. The van der Waals surface area contributed by atoms with Crippen molar-refractivity contribution in [1.82, 2.24) is 5.32 Å². The molecule has 0 bridgehead atoms. The number of rotatable bonds is 11. The quantitative estimate of drug-likeness (QED) is 0.610. The second kappa shape index (κ2) is 11.2. The number of carbonyl (C=O) groups excluding carboxylic acids is 1. The Morgan fingerprint density at radius 3 is 2.59 bits per heavy atom. The second-order valence-electron chi connectivity index (χ2n) is 6.49. The van der Waals surface area contributed by atoms with Gasteiger partial charge < -0.3 is 19.7 Å². The number of hydrogen-bond donors (Lipinski definition) is 1. The van der Waals surface area contributed by atoms with Crippen LogP contribution in [0.15, 0.2) is 48.5 Å². The van der Waals surface area contributed by atoms with Gasteiger partial charge in [-0.3, -0.25) is 4.79 Å². The van der Waals surface area contributed by atoms with Crippen LogP contribution in [0, 0.1) is 0 Å². The van der Waals surface area contributed by atoms with Gasteiger partial charge in [0.05, 0.1) is 6.61 Å². The van der Waals surface area contributed by atoms with Gasteiger partial charge in [-0.15, -0.1) is 0 Å². The van der Waals surface area contributed by atoms with Crippen molar-refractivity contribution in [2.24, 2.45) is 0 Å². The van der Waals surface area contributed by atoms with Crippen LogP contribution in [0.5, 0.6) is 5.75 Å². The van der Waals surface area contributed by atoms with Gasteiger partial charge in [-0.1, -0.05) is 25.5 Å². The summed E-state index contributed by atoms with van der Waals surface area (Å²) in [5.41, 5.74) is 2.78. The van der Waals surface area contributed by atoms with Gasteiger partial charge in [-0.05, 0) is 48.4 Å². The number of amides is 1. The summed E-state index contributed by atoms with van der Waals surface area (Å²) in [6.45, 7) is 4.71. The van der Waals surface area contributed by atoms with E-state index in [4.69, 9.17) is 9.47 Å². The van der Waals surface area contributed by atoms with E-state index in [0.29, 0.717) is 25.3 Å². The molecule has 1 amide bonds. The van der Waals surface area contributed by atoms with Gasteiger partial charge in [0.2, 0.25) is 0 Å². The monoisotopic (exact) mass is 370 g/mol. The third kappa shape index (κ3) is 6.94. The first kappa shape index (κ1) is 20.8. The van der Waals surface area contributed by atoms with Crippen molar-refractivity contribution in [2.45, 2.75) is 26.3 Å². The van der Waals surface area contributed by atoms with Gasteiger partial charge in [0.1, 0.15) is 12.4 Å². The van der Waals surface area contributed by atoms with Crippen molar-refractivity contribution in [3.63, 3.8) is 0 Å². The Labute approximate surface area is 162 Å². The van der Waals surface area contributed by atoms with Crippen molar-refractivity contribution < 1.29 is 14.3 Å². The summed E-state index contributed by atoms with van der Waals surface area (Å²) in [6.07, 6.45) is 2.33. The first-order valence-corrected chi connectivity index (χ1v) is 9.44. The fourth-order valence-electron chi connectivity index (χ4n) is 2.66. The smallest absolute Gasteiger partial charge is 0.251 e. The predicted octanol–water partition coefficient (Wildman–Crippen LogP) is 3.88. The molecule has 0 unspecified atom stereocenters. The maximum Gasteiger partial charge on any atom is 0.251 e. The summed E-state index contributed by atoms with van der Waals surface area (Å²) in [5.74, 6) is 0.696. The molecule has 5 nitrogen and oxygen atoms in total. The van der Waals surface area contributed by atoms with Gasteiger partial charge in [-0.2, -0.15) is 0 Å². The van der Waals surface area contributed by atoms with Crippen LogP contribution in [0.1, 0.15) is 35.7 Å². The lowest BCUT2D eigenvalue weighted by atomic mass is 10.1. The molecule has 2 aromatic rings. The van der Waals surface area contributed by atoms with Crippen LogP contribution in [-0.4, -0.2) is 39.8 Å². The summed E-state index contributed by atoms with van der Waals surface area (Å²) in [6, 6.07) is 15.5. The van der Waals surface area contributed by atoms with Gasteiger partial charge in [0.25, 0.3) is 5.91 Å². The van der Waals surface area contributed by atoms with Gasteiger partial charge in [0.15, 0.2) is 0 Å². The van der Waals surface area contributed by atoms with Crippen molar-refractivity contribution in [2.75, 3.05) is 38.8 Å². The topological polar surface area (TPSA) is 50.8 Å². The molecule has 0 heterocycles. The maximum atomic E-state index is 12.4. The van der Waals surface area contributed by atoms with E-state index in [2.05, 4.69) is 24.2 Å². The van der Waals surface area contributed by atoms with Crippen molar-refractivity contribution in [3.05, 3.63) is 59.7 Å². The molecule has 27 heavy (non-hydrogen) atoms. The van der Waals surface area contributed by atoms with E-state index < -0.39 is 0 Å². The molecular weight excluding hydrogens is 340 g/mol. The first-order chi connectivity index (χ1) is 13.1. The summed E-state index contributed by atoms with van der Waals surface area (Å²) < 4.78 is 10.6. The number of nitrogens with zero attached hydrogens (tertiary/aromatic N) is 1. The Morgan fingerprint density at radius 2 is 1.89 bits per heavy atom. The van der Waals surface area contributed by atoms with Crippen molar-refractivity contribution >= 4 is 11.6 Å². The van der Waals surface area contributed by atoms with Crippen molar-refractivity contribution in [1.29, 1.82) is 0 Å². The molecule has 0 aromatic heterocycles. The highest BCUT2D eigenvalue weighted by atomic mass is 16.5. The molecular formula is C22H30N2O3. The lowest BCUT2D eigenvalue weighted by molar-refractivity contribution is 0.0951. The Bertz CT molecular complexity index is 701. The third-order valence-electron chi connectivity index (χ3n) is 4.33. The minimum atomic E-state index is -0.0801. The molecule has 1 N–H and O–H groups in total. The average molecular weight is 370 g/mol. The Balaban J connectivity index is 1.87. The fraction of sp³-hybridized carbons (Fsp3) is 0.409. The zero-order chi connectivity index (χ0) is 19.5. The van der Waals surface area contributed by atoms with Crippen molar-refractivity contribution in [3.8, 4) is 5.75 Å². The van der Waals surface area contributed by atoms with Crippen LogP contribution in [0.25, 0.3) is 0 Å². The van der Waals surface area contributed by atoms with Gasteiger partial charge >= 0.3 is 0 Å². The van der Waals surface area contributed by atoms with Crippen LogP contribution in [0.4, 0.5) is 5.69 Å². The number of anilines is 1. The Kier molecular flexibility index (Phi) is 8.65. The fourth-order valence-corrected chi connectivity index (χ4v) is 2.66. The number of unbranched alkanes of at least 4 members (excludes halogenated alkanes) is 1. The predicted molar refractivity (Wildman–Crippen MR) is 110 cm³/mol. The molecule has 0 saturated carbocycles. The lowest BCUT2D eigenvalue weighted by Crippen LogP contribution is -2.23. The lowest BCUT2D eigenvalue weighted by Gasteiger charge is -2.19. The zero-order valence-electron chi connectivity index (χ0n) is 16.5. The second-order valence-corrected chi connectivity index (χ2v) is 6.49. The molecule has 146 valence electrons. The molecule has 0 aliphatic carbocycles. The zero-order valence-corrected chi connectivity index (χ0v) is 16.5. The van der Waals surface area contributed by atoms with Crippen LogP contribution >= 0.6 is 0 Å². The molecule has 0 spiro atoms. The molecule has 0 radical (unpaired) electrons. The normalized spacial score (nSPS) is 10.5. The summed E-state index contributed by atoms with van der Waals surface area (Å²) in [5, 5.41) is 2.96. The van der Waals surface area contributed by atoms with E-state index in [1.165, 1.54) is 6.42 Å². The molecule has 0 fully saturated rings. The molecule has 0 aliphatic rings. The highest BCUT2D eigenvalue weighted by molar-refractivity contribution is 5.94. The minimum absolute atomic E-state index is 0.0801. The molecule has 2 aromatic carbocycles. The molecule has 0 atom stereocenters. The highest BCUT2D eigenvalue weighted by Gasteiger charge is 2.07. The van der Waals surface area contributed by atoms with E-state index in [1.54, 1.807) is 7.11 Å². The SMILES string of the molecule is CCCCN(C)c1ccc(C(=O)NCc2cccc(OCCOC)c2)cc1. The Morgan fingerprint density at radius 1 is 1.11 bits per heavy atom. The van der Waals surface area contributed by atoms with Crippen LogP contribution in [0.3, 0.4) is 0 Å². The number of hydrogen-bond acceptors (Lipinski definition) is 4. The first-order valence-electron chi connectivity index (χ1n) is 9.44. The van der Waals surface area contributed by atoms with Crippen LogP contribution < -0.4 is 15.0 Å². The van der Waals surface area contributed by atoms with E-state index in [9.17, 15) is 4.79 Å². The number of carbonyl (C=O) groups is 1. The summed E-state index contributed by atoms with van der Waals surface area (Å²) in [7, 11) is 3.72. The highest BCUT2D eigenvalue weighted by Crippen LogP contribution is 2.16. The van der Waals surface area contributed by atoms with E-state index in [0.717, 1.165) is 30.0 Å². The number of ether oxygens (including phenoxy) is 2. The van der Waals surface area contributed by atoms with E-state index >= 15 is 0 Å². The number of nitrogens with one attached hydrogen (secondary N) is 1. The molecule has 5 heteroatoms. The van der Waals surface area contributed by atoms with Crippen LogP contribution in [-0.2, 0) is 11.3 Å². The van der Waals surface area contributed by atoms with Crippen LogP contribution in [0.2, 0.25) is 0 Å².